The molecule has 1 aliphatic rings. The van der Waals surface area contributed by atoms with Crippen molar-refractivity contribution in [1.82, 2.24) is 4.72 Å². The van der Waals surface area contributed by atoms with E-state index in [1.165, 1.54) is 12.1 Å². The number of hydrogen-bond acceptors (Lipinski definition) is 6. The molecule has 3 aromatic rings. The van der Waals surface area contributed by atoms with Gasteiger partial charge in [-0.05, 0) is 69.4 Å². The van der Waals surface area contributed by atoms with E-state index in [0.717, 1.165) is 34.9 Å². The molecule has 0 aliphatic heterocycles. The van der Waals surface area contributed by atoms with E-state index in [1.54, 1.807) is 38.1 Å². The highest BCUT2D eigenvalue weighted by Gasteiger charge is 2.27. The minimum absolute atomic E-state index is 0.0758. The van der Waals surface area contributed by atoms with Crippen molar-refractivity contribution in [2.45, 2.75) is 57.4 Å². The Morgan fingerprint density at radius 3 is 2.47 bits per heavy atom. The zero-order valence-electron chi connectivity index (χ0n) is 18.2. The SMILES string of the molecule is CC[C@@H](NS(=O)(=O)c1ccc(C)cc1)C(=O)Oc1ccc2c3c(c(=O)oc2c1C)CCC3. The summed E-state index contributed by atoms with van der Waals surface area (Å²) < 4.78 is 38.9. The van der Waals surface area contributed by atoms with Crippen LogP contribution in [0.1, 0.15) is 42.0 Å². The Morgan fingerprint density at radius 1 is 1.09 bits per heavy atom. The summed E-state index contributed by atoms with van der Waals surface area (Å²) >= 11 is 0. The first-order chi connectivity index (χ1) is 15.2. The van der Waals surface area contributed by atoms with Gasteiger partial charge in [0, 0.05) is 16.5 Å². The number of aryl methyl sites for hydroxylation is 3. The van der Waals surface area contributed by atoms with Gasteiger partial charge in [0.15, 0.2) is 0 Å². The molecule has 7 nitrogen and oxygen atoms in total. The molecule has 0 unspecified atom stereocenters. The van der Waals surface area contributed by atoms with Gasteiger partial charge in [0.05, 0.1) is 4.90 Å². The van der Waals surface area contributed by atoms with E-state index < -0.39 is 22.0 Å². The van der Waals surface area contributed by atoms with E-state index in [2.05, 4.69) is 4.72 Å². The van der Waals surface area contributed by atoms with Crippen LogP contribution in [0.15, 0.2) is 50.5 Å². The second kappa shape index (κ2) is 8.52. The van der Waals surface area contributed by atoms with E-state index in [1.807, 2.05) is 6.92 Å². The van der Waals surface area contributed by atoms with Gasteiger partial charge in [-0.1, -0.05) is 24.6 Å². The van der Waals surface area contributed by atoms with E-state index in [0.29, 0.717) is 17.6 Å². The van der Waals surface area contributed by atoms with Crippen molar-refractivity contribution in [2.75, 3.05) is 0 Å². The van der Waals surface area contributed by atoms with E-state index in [4.69, 9.17) is 9.15 Å². The lowest BCUT2D eigenvalue weighted by Crippen LogP contribution is -2.42. The first-order valence-electron chi connectivity index (χ1n) is 10.6. The lowest BCUT2D eigenvalue weighted by atomic mass is 10.0. The third kappa shape index (κ3) is 4.08. The summed E-state index contributed by atoms with van der Waals surface area (Å²) in [6.45, 7) is 5.27. The molecule has 1 heterocycles. The van der Waals surface area contributed by atoms with Gasteiger partial charge in [-0.15, -0.1) is 0 Å². The summed E-state index contributed by atoms with van der Waals surface area (Å²) in [5, 5.41) is 0.849. The molecule has 1 atom stereocenters. The van der Waals surface area contributed by atoms with E-state index in [-0.39, 0.29) is 22.7 Å². The Labute approximate surface area is 186 Å². The molecule has 32 heavy (non-hydrogen) atoms. The summed E-state index contributed by atoms with van der Waals surface area (Å²) in [5.74, 6) is -0.495. The predicted octanol–water partition coefficient (Wildman–Crippen LogP) is 3.56. The summed E-state index contributed by atoms with van der Waals surface area (Å²) in [5.41, 5.74) is 3.22. The van der Waals surface area contributed by atoms with Gasteiger partial charge in [0.25, 0.3) is 0 Å². The van der Waals surface area contributed by atoms with Crippen molar-refractivity contribution < 1.29 is 22.4 Å². The van der Waals surface area contributed by atoms with Gasteiger partial charge in [-0.3, -0.25) is 0 Å². The molecule has 168 valence electrons. The molecule has 8 heteroatoms. The van der Waals surface area contributed by atoms with Crippen molar-refractivity contribution in [1.29, 1.82) is 0 Å². The fourth-order valence-corrected chi connectivity index (χ4v) is 5.29. The number of benzene rings is 2. The number of ether oxygens (including phenoxy) is 1. The number of rotatable bonds is 6. The number of carbonyl (C=O) groups is 1. The lowest BCUT2D eigenvalue weighted by Gasteiger charge is -2.17. The fourth-order valence-electron chi connectivity index (χ4n) is 4.02. The molecule has 0 fully saturated rings. The molecule has 0 amide bonds. The molecule has 1 aromatic heterocycles. The Bertz CT molecular complexity index is 1360. The Kier molecular flexibility index (Phi) is 5.92. The number of nitrogens with one attached hydrogen (secondary N) is 1. The minimum Gasteiger partial charge on any atom is -0.425 e. The molecule has 0 saturated heterocycles. The van der Waals surface area contributed by atoms with Crippen LogP contribution in [0, 0.1) is 13.8 Å². The van der Waals surface area contributed by atoms with E-state index >= 15 is 0 Å². The number of sulfonamides is 1. The number of fused-ring (bicyclic) bond motifs is 3. The van der Waals surface area contributed by atoms with Crippen LogP contribution < -0.4 is 15.1 Å². The highest BCUT2D eigenvalue weighted by molar-refractivity contribution is 7.89. The Morgan fingerprint density at radius 2 is 1.78 bits per heavy atom. The summed E-state index contributed by atoms with van der Waals surface area (Å²) in [4.78, 5) is 25.2. The van der Waals surface area contributed by atoms with Gasteiger partial charge in [-0.2, -0.15) is 4.72 Å². The summed E-state index contributed by atoms with van der Waals surface area (Å²) in [6.07, 6.45) is 2.64. The van der Waals surface area contributed by atoms with Crippen molar-refractivity contribution in [3.63, 3.8) is 0 Å². The number of hydrogen-bond donors (Lipinski definition) is 1. The molecule has 0 saturated carbocycles. The first-order valence-corrected chi connectivity index (χ1v) is 12.1. The van der Waals surface area contributed by atoms with Crippen molar-refractivity contribution >= 4 is 27.0 Å². The van der Waals surface area contributed by atoms with Crippen molar-refractivity contribution in [2.24, 2.45) is 0 Å². The standard InChI is InChI=1S/C24H25NO6S/c1-4-20(25-32(28,29)16-10-8-14(2)9-11-16)24(27)30-21-13-12-18-17-6-5-7-19(17)23(26)31-22(18)15(21)3/h8-13,20,25H,4-7H2,1-3H3/t20-/m1/s1. The van der Waals surface area contributed by atoms with E-state index in [9.17, 15) is 18.0 Å². The average Bonchev–Trinajstić information content (AvgIpc) is 3.26. The zero-order chi connectivity index (χ0) is 23.0. The topological polar surface area (TPSA) is 103 Å². The quantitative estimate of drug-likeness (QED) is 0.346. The number of carbonyl (C=O) groups excluding carboxylic acids is 1. The van der Waals surface area contributed by atoms with Gasteiger partial charge in [0.1, 0.15) is 17.4 Å². The van der Waals surface area contributed by atoms with Crippen LogP contribution in [-0.2, 0) is 27.7 Å². The maximum Gasteiger partial charge on any atom is 0.339 e. The highest BCUT2D eigenvalue weighted by Crippen LogP contribution is 2.33. The molecule has 4 rings (SSSR count). The monoisotopic (exact) mass is 455 g/mol. The summed E-state index contributed by atoms with van der Waals surface area (Å²) in [7, 11) is -3.89. The molecule has 0 radical (unpaired) electrons. The molecule has 1 N–H and O–H groups in total. The molecular weight excluding hydrogens is 430 g/mol. The van der Waals surface area contributed by atoms with Gasteiger partial charge in [0.2, 0.25) is 10.0 Å². The largest absolute Gasteiger partial charge is 0.425 e. The van der Waals surface area contributed by atoms with Gasteiger partial charge >= 0.3 is 11.6 Å². The Hall–Kier alpha value is -2.97. The van der Waals surface area contributed by atoms with Crippen LogP contribution >= 0.6 is 0 Å². The minimum atomic E-state index is -3.89. The Balaban J connectivity index is 1.59. The molecule has 0 spiro atoms. The van der Waals surface area contributed by atoms with Crippen LogP contribution in [0.5, 0.6) is 5.75 Å². The average molecular weight is 456 g/mol. The molecular formula is C24H25NO6S. The molecule has 0 bridgehead atoms. The fraction of sp³-hybridized carbons (Fsp3) is 0.333. The number of esters is 1. The van der Waals surface area contributed by atoms with Gasteiger partial charge in [-0.25, -0.2) is 18.0 Å². The molecule has 2 aromatic carbocycles. The normalized spacial score (nSPS) is 14.3. The van der Waals surface area contributed by atoms with Crippen LogP contribution in [0.4, 0.5) is 0 Å². The molecule has 1 aliphatic carbocycles. The lowest BCUT2D eigenvalue weighted by molar-refractivity contribution is -0.136. The third-order valence-corrected chi connectivity index (χ3v) is 7.36. The van der Waals surface area contributed by atoms with Crippen LogP contribution in [0.2, 0.25) is 0 Å². The third-order valence-electron chi connectivity index (χ3n) is 5.87. The van der Waals surface area contributed by atoms with Gasteiger partial charge < -0.3 is 9.15 Å². The first kappa shape index (κ1) is 22.2. The second-order valence-corrected chi connectivity index (χ2v) is 9.80. The van der Waals surface area contributed by atoms with Crippen LogP contribution in [0.25, 0.3) is 11.0 Å². The van der Waals surface area contributed by atoms with Crippen molar-refractivity contribution in [3.8, 4) is 5.75 Å². The van der Waals surface area contributed by atoms with Crippen LogP contribution in [0.3, 0.4) is 0 Å². The summed E-state index contributed by atoms with van der Waals surface area (Å²) in [6, 6.07) is 8.74. The zero-order valence-corrected chi connectivity index (χ0v) is 19.0. The highest BCUT2D eigenvalue weighted by atomic mass is 32.2. The van der Waals surface area contributed by atoms with Crippen molar-refractivity contribution in [3.05, 3.63) is 69.1 Å². The maximum atomic E-state index is 12.8. The van der Waals surface area contributed by atoms with Crippen LogP contribution in [-0.4, -0.2) is 20.4 Å². The maximum absolute atomic E-state index is 12.8. The smallest absolute Gasteiger partial charge is 0.339 e. The predicted molar refractivity (Wildman–Crippen MR) is 120 cm³/mol. The second-order valence-electron chi connectivity index (χ2n) is 8.08.